The molecule has 0 amide bonds. The molecule has 2 aromatic rings. The van der Waals surface area contributed by atoms with Crippen LogP contribution in [0, 0.1) is 0 Å². The van der Waals surface area contributed by atoms with Crippen LogP contribution in [0.5, 0.6) is 5.75 Å². The van der Waals surface area contributed by atoms with Gasteiger partial charge in [-0.25, -0.2) is 4.98 Å². The number of nitrogens with one attached hydrogen (secondary N) is 1. The number of H-pyrrole nitrogens is 1. The standard InChI is InChI=1S/C14H19N3O/c1-9-8-10(6-7-17(9)2)14-15-11-4-3-5-12(18)13(11)16-14/h3-5,9-10,18H,6-8H2,1-2H3,(H,15,16)/t9-,10-/m0/s1. The minimum Gasteiger partial charge on any atom is -0.506 e. The normalized spacial score (nSPS) is 25.7. The number of likely N-dealkylation sites (tertiary alicyclic amines) is 1. The van der Waals surface area contributed by atoms with E-state index in [4.69, 9.17) is 0 Å². The number of rotatable bonds is 1. The molecule has 4 nitrogen and oxygen atoms in total. The number of para-hydroxylation sites is 1. The van der Waals surface area contributed by atoms with Crippen molar-refractivity contribution in [1.29, 1.82) is 0 Å². The number of hydrogen-bond acceptors (Lipinski definition) is 3. The second kappa shape index (κ2) is 4.28. The lowest BCUT2D eigenvalue weighted by atomic mass is 9.91. The first-order valence-electron chi connectivity index (χ1n) is 6.53. The Labute approximate surface area is 107 Å². The maximum absolute atomic E-state index is 9.79. The third-order valence-corrected chi connectivity index (χ3v) is 4.10. The zero-order chi connectivity index (χ0) is 12.7. The Bertz CT molecular complexity index is 563. The van der Waals surface area contributed by atoms with Gasteiger partial charge < -0.3 is 15.0 Å². The van der Waals surface area contributed by atoms with E-state index < -0.39 is 0 Å². The zero-order valence-corrected chi connectivity index (χ0v) is 10.8. The molecule has 1 aliphatic heterocycles. The van der Waals surface area contributed by atoms with Crippen molar-refractivity contribution in [3.63, 3.8) is 0 Å². The van der Waals surface area contributed by atoms with Gasteiger partial charge in [-0.2, -0.15) is 0 Å². The van der Waals surface area contributed by atoms with Crippen LogP contribution in [-0.4, -0.2) is 39.6 Å². The van der Waals surface area contributed by atoms with Gasteiger partial charge in [0.1, 0.15) is 17.1 Å². The molecule has 0 radical (unpaired) electrons. The average Bonchev–Trinajstić information content (AvgIpc) is 2.78. The second-order valence-corrected chi connectivity index (χ2v) is 5.35. The molecular weight excluding hydrogens is 226 g/mol. The average molecular weight is 245 g/mol. The molecule has 0 saturated carbocycles. The van der Waals surface area contributed by atoms with E-state index in [1.165, 1.54) is 0 Å². The molecule has 0 spiro atoms. The fraction of sp³-hybridized carbons (Fsp3) is 0.500. The van der Waals surface area contributed by atoms with Gasteiger partial charge in [0.05, 0.1) is 5.52 Å². The van der Waals surface area contributed by atoms with Gasteiger partial charge in [-0.15, -0.1) is 0 Å². The van der Waals surface area contributed by atoms with E-state index in [2.05, 4.69) is 28.8 Å². The number of phenolic OH excluding ortho intramolecular Hbond substituents is 1. The fourth-order valence-electron chi connectivity index (χ4n) is 2.77. The van der Waals surface area contributed by atoms with Crippen LogP contribution in [0.3, 0.4) is 0 Å². The number of phenols is 1. The molecule has 1 fully saturated rings. The van der Waals surface area contributed by atoms with Crippen LogP contribution >= 0.6 is 0 Å². The van der Waals surface area contributed by atoms with Gasteiger partial charge in [-0.3, -0.25) is 0 Å². The second-order valence-electron chi connectivity index (χ2n) is 5.35. The van der Waals surface area contributed by atoms with Crippen LogP contribution in [0.2, 0.25) is 0 Å². The van der Waals surface area contributed by atoms with Crippen LogP contribution in [0.15, 0.2) is 18.2 Å². The van der Waals surface area contributed by atoms with Crippen molar-refractivity contribution in [3.8, 4) is 5.75 Å². The molecular formula is C14H19N3O. The number of aromatic amines is 1. The maximum atomic E-state index is 9.79. The van der Waals surface area contributed by atoms with Crippen LogP contribution in [0.25, 0.3) is 11.0 Å². The predicted octanol–water partition coefficient (Wildman–Crippen LogP) is 2.47. The number of fused-ring (bicyclic) bond motifs is 1. The molecule has 2 atom stereocenters. The summed E-state index contributed by atoms with van der Waals surface area (Å²) in [5.41, 5.74) is 1.62. The summed E-state index contributed by atoms with van der Waals surface area (Å²) in [5, 5.41) is 9.79. The van der Waals surface area contributed by atoms with E-state index in [9.17, 15) is 5.11 Å². The topological polar surface area (TPSA) is 52.2 Å². The minimum atomic E-state index is 0.260. The summed E-state index contributed by atoms with van der Waals surface area (Å²) < 4.78 is 0. The van der Waals surface area contributed by atoms with E-state index >= 15 is 0 Å². The summed E-state index contributed by atoms with van der Waals surface area (Å²) >= 11 is 0. The van der Waals surface area contributed by atoms with Crippen molar-refractivity contribution >= 4 is 11.0 Å². The number of nitrogens with zero attached hydrogens (tertiary/aromatic N) is 2. The van der Waals surface area contributed by atoms with Gasteiger partial charge in [0.25, 0.3) is 0 Å². The summed E-state index contributed by atoms with van der Waals surface area (Å²) in [6.07, 6.45) is 2.25. The van der Waals surface area contributed by atoms with Crippen LogP contribution in [-0.2, 0) is 0 Å². The number of benzene rings is 1. The first kappa shape index (κ1) is 11.5. The van der Waals surface area contributed by atoms with Gasteiger partial charge in [0, 0.05) is 12.0 Å². The Balaban J connectivity index is 1.93. The van der Waals surface area contributed by atoms with Crippen molar-refractivity contribution in [2.24, 2.45) is 0 Å². The first-order chi connectivity index (χ1) is 8.65. The smallest absolute Gasteiger partial charge is 0.143 e. The monoisotopic (exact) mass is 245 g/mol. The van der Waals surface area contributed by atoms with Crippen molar-refractivity contribution in [2.45, 2.75) is 31.7 Å². The van der Waals surface area contributed by atoms with Crippen LogP contribution in [0.4, 0.5) is 0 Å². The summed E-state index contributed by atoms with van der Waals surface area (Å²) in [6.45, 7) is 3.36. The molecule has 1 aromatic heterocycles. The first-order valence-corrected chi connectivity index (χ1v) is 6.53. The van der Waals surface area contributed by atoms with Gasteiger partial charge in [-0.1, -0.05) is 6.07 Å². The molecule has 18 heavy (non-hydrogen) atoms. The van der Waals surface area contributed by atoms with Crippen LogP contribution < -0.4 is 0 Å². The van der Waals surface area contributed by atoms with Crippen molar-refractivity contribution in [2.75, 3.05) is 13.6 Å². The maximum Gasteiger partial charge on any atom is 0.143 e. The molecule has 4 heteroatoms. The molecule has 2 N–H and O–H groups in total. The molecule has 1 aromatic carbocycles. The number of aromatic nitrogens is 2. The molecule has 96 valence electrons. The highest BCUT2D eigenvalue weighted by Gasteiger charge is 2.26. The molecule has 0 bridgehead atoms. The summed E-state index contributed by atoms with van der Waals surface area (Å²) in [5.74, 6) is 1.76. The Morgan fingerprint density at radius 3 is 3.00 bits per heavy atom. The van der Waals surface area contributed by atoms with Gasteiger partial charge in [-0.05, 0) is 45.5 Å². The summed E-state index contributed by atoms with van der Waals surface area (Å²) in [4.78, 5) is 10.3. The lowest BCUT2D eigenvalue weighted by Crippen LogP contribution is -2.37. The lowest BCUT2D eigenvalue weighted by molar-refractivity contribution is 0.180. The molecule has 2 heterocycles. The Hall–Kier alpha value is -1.55. The Morgan fingerprint density at radius 1 is 1.44 bits per heavy atom. The Morgan fingerprint density at radius 2 is 2.28 bits per heavy atom. The quantitative estimate of drug-likeness (QED) is 0.811. The van der Waals surface area contributed by atoms with Crippen molar-refractivity contribution < 1.29 is 5.11 Å². The van der Waals surface area contributed by atoms with E-state index in [0.29, 0.717) is 17.5 Å². The predicted molar refractivity (Wildman–Crippen MR) is 71.8 cm³/mol. The van der Waals surface area contributed by atoms with Gasteiger partial charge >= 0.3 is 0 Å². The largest absolute Gasteiger partial charge is 0.506 e. The van der Waals surface area contributed by atoms with E-state index in [0.717, 1.165) is 30.7 Å². The summed E-state index contributed by atoms with van der Waals surface area (Å²) in [7, 11) is 2.17. The number of hydrogen-bond donors (Lipinski definition) is 2. The van der Waals surface area contributed by atoms with Crippen molar-refractivity contribution in [3.05, 3.63) is 24.0 Å². The highest BCUT2D eigenvalue weighted by Crippen LogP contribution is 2.31. The van der Waals surface area contributed by atoms with E-state index in [-0.39, 0.29) is 5.75 Å². The van der Waals surface area contributed by atoms with E-state index in [1.807, 2.05) is 12.1 Å². The molecule has 1 saturated heterocycles. The van der Waals surface area contributed by atoms with Gasteiger partial charge in [0.15, 0.2) is 0 Å². The number of imidazole rings is 1. The lowest BCUT2D eigenvalue weighted by Gasteiger charge is -2.34. The molecule has 0 unspecified atom stereocenters. The highest BCUT2D eigenvalue weighted by molar-refractivity contribution is 5.81. The highest BCUT2D eigenvalue weighted by atomic mass is 16.3. The number of aromatic hydroxyl groups is 1. The molecule has 3 rings (SSSR count). The molecule has 0 aliphatic carbocycles. The van der Waals surface area contributed by atoms with E-state index in [1.54, 1.807) is 6.07 Å². The third kappa shape index (κ3) is 1.86. The SMILES string of the molecule is C[C@H]1C[C@@H](c2nc3c(O)cccc3[nH]2)CCN1C. The molecule has 1 aliphatic rings. The zero-order valence-electron chi connectivity index (χ0n) is 10.8. The third-order valence-electron chi connectivity index (χ3n) is 4.10. The minimum absolute atomic E-state index is 0.260. The van der Waals surface area contributed by atoms with Crippen molar-refractivity contribution in [1.82, 2.24) is 14.9 Å². The number of piperidine rings is 1. The van der Waals surface area contributed by atoms with Crippen LogP contribution in [0.1, 0.15) is 31.5 Å². The Kier molecular flexibility index (Phi) is 2.74. The van der Waals surface area contributed by atoms with Gasteiger partial charge in [0.2, 0.25) is 0 Å². The summed E-state index contributed by atoms with van der Waals surface area (Å²) in [6, 6.07) is 6.08. The fourth-order valence-corrected chi connectivity index (χ4v) is 2.77.